The van der Waals surface area contributed by atoms with E-state index in [9.17, 15) is 4.79 Å². The Morgan fingerprint density at radius 2 is 2.32 bits per heavy atom. The summed E-state index contributed by atoms with van der Waals surface area (Å²) in [5.41, 5.74) is 1.55. The van der Waals surface area contributed by atoms with Crippen LogP contribution in [0.1, 0.15) is 23.2 Å². The molecule has 0 aliphatic carbocycles. The second-order valence-electron chi connectivity index (χ2n) is 4.88. The van der Waals surface area contributed by atoms with Gasteiger partial charge in [0, 0.05) is 29.7 Å². The second kappa shape index (κ2) is 5.36. The Hall–Kier alpha value is -1.94. The molecule has 0 bridgehead atoms. The van der Waals surface area contributed by atoms with Crippen molar-refractivity contribution in [1.29, 1.82) is 0 Å². The fourth-order valence-corrected chi connectivity index (χ4v) is 2.54. The molecule has 2 aromatic rings. The maximum absolute atomic E-state index is 12.2. The molecule has 98 valence electrons. The summed E-state index contributed by atoms with van der Waals surface area (Å²) in [6, 6.07) is 9.85. The summed E-state index contributed by atoms with van der Waals surface area (Å²) in [7, 11) is 0. The predicted molar refractivity (Wildman–Crippen MR) is 75.1 cm³/mol. The molecule has 1 aromatic carbocycles. The number of nitrogens with zero attached hydrogens (tertiary/aromatic N) is 1. The van der Waals surface area contributed by atoms with Gasteiger partial charge in [0.25, 0.3) is 5.91 Å². The molecule has 19 heavy (non-hydrogen) atoms. The zero-order valence-corrected chi connectivity index (χ0v) is 10.7. The zero-order chi connectivity index (χ0) is 13.1. The summed E-state index contributed by atoms with van der Waals surface area (Å²) >= 11 is 0. The normalized spacial score (nSPS) is 18.6. The summed E-state index contributed by atoms with van der Waals surface area (Å²) in [5, 5.41) is 7.28. The van der Waals surface area contributed by atoms with Gasteiger partial charge in [-0.3, -0.25) is 9.78 Å². The fraction of sp³-hybridized carbons (Fsp3) is 0.333. The molecule has 0 saturated carbocycles. The van der Waals surface area contributed by atoms with Crippen LogP contribution in [0.3, 0.4) is 0 Å². The van der Waals surface area contributed by atoms with Gasteiger partial charge in [-0.25, -0.2) is 0 Å². The quantitative estimate of drug-likeness (QED) is 0.878. The molecule has 1 unspecified atom stereocenters. The number of carbonyl (C=O) groups is 1. The topological polar surface area (TPSA) is 54.0 Å². The number of hydrogen-bond acceptors (Lipinski definition) is 3. The molecule has 1 aromatic heterocycles. The van der Waals surface area contributed by atoms with Crippen LogP contribution in [0, 0.1) is 0 Å². The van der Waals surface area contributed by atoms with E-state index in [1.54, 1.807) is 6.20 Å². The van der Waals surface area contributed by atoms with E-state index >= 15 is 0 Å². The number of nitrogens with one attached hydrogen (secondary N) is 2. The van der Waals surface area contributed by atoms with Gasteiger partial charge in [0.15, 0.2) is 0 Å². The van der Waals surface area contributed by atoms with Crippen LogP contribution in [-0.4, -0.2) is 30.0 Å². The number of aromatic nitrogens is 1. The lowest BCUT2D eigenvalue weighted by molar-refractivity contribution is 0.0952. The average Bonchev–Trinajstić information content (AvgIpc) is 2.97. The number of amides is 1. The van der Waals surface area contributed by atoms with E-state index in [0.717, 1.165) is 23.9 Å². The molecule has 1 saturated heterocycles. The Kier molecular flexibility index (Phi) is 3.42. The number of carbonyl (C=O) groups excluding carboxylic acids is 1. The van der Waals surface area contributed by atoms with Crippen molar-refractivity contribution < 1.29 is 4.79 Å². The molecule has 4 nitrogen and oxygen atoms in total. The molecule has 0 spiro atoms. The average molecular weight is 255 g/mol. The summed E-state index contributed by atoms with van der Waals surface area (Å²) in [5.74, 6) is -0.0210. The first-order chi connectivity index (χ1) is 9.34. The van der Waals surface area contributed by atoms with Crippen LogP contribution in [0.2, 0.25) is 0 Å². The van der Waals surface area contributed by atoms with Crippen molar-refractivity contribution in [2.45, 2.75) is 18.9 Å². The molecular weight excluding hydrogens is 238 g/mol. The Bertz CT molecular complexity index is 585. The Balaban J connectivity index is 1.77. The van der Waals surface area contributed by atoms with E-state index in [4.69, 9.17) is 0 Å². The van der Waals surface area contributed by atoms with Crippen molar-refractivity contribution in [3.05, 3.63) is 42.1 Å². The Labute approximate surface area is 112 Å². The third-order valence-corrected chi connectivity index (χ3v) is 3.56. The maximum Gasteiger partial charge on any atom is 0.252 e. The van der Waals surface area contributed by atoms with E-state index in [2.05, 4.69) is 15.6 Å². The largest absolute Gasteiger partial charge is 0.350 e. The third-order valence-electron chi connectivity index (χ3n) is 3.56. The molecule has 2 heterocycles. The zero-order valence-electron chi connectivity index (χ0n) is 10.7. The van der Waals surface area contributed by atoms with Crippen molar-refractivity contribution in [3.63, 3.8) is 0 Å². The van der Waals surface area contributed by atoms with Crippen molar-refractivity contribution in [2.75, 3.05) is 13.1 Å². The van der Waals surface area contributed by atoms with Crippen LogP contribution in [0.25, 0.3) is 10.9 Å². The highest BCUT2D eigenvalue weighted by atomic mass is 16.1. The van der Waals surface area contributed by atoms with Crippen LogP contribution in [0.15, 0.2) is 36.5 Å². The van der Waals surface area contributed by atoms with Crippen LogP contribution in [0.5, 0.6) is 0 Å². The first-order valence-electron chi connectivity index (χ1n) is 6.70. The minimum atomic E-state index is -0.0210. The van der Waals surface area contributed by atoms with Gasteiger partial charge in [0.1, 0.15) is 0 Å². The molecule has 1 atom stereocenters. The number of rotatable bonds is 3. The smallest absolute Gasteiger partial charge is 0.252 e. The highest BCUT2D eigenvalue weighted by Gasteiger charge is 2.16. The lowest BCUT2D eigenvalue weighted by Crippen LogP contribution is -2.37. The number of fused-ring (bicyclic) bond motifs is 1. The molecular formula is C15H17N3O. The molecule has 4 heteroatoms. The molecule has 1 aliphatic rings. The molecule has 1 amide bonds. The molecule has 3 rings (SSSR count). The molecule has 2 N–H and O–H groups in total. The SMILES string of the molecule is O=C(NCC1CCCN1)c1cccc2ncccc12. The van der Waals surface area contributed by atoms with Gasteiger partial charge < -0.3 is 10.6 Å². The third kappa shape index (κ3) is 2.58. The van der Waals surface area contributed by atoms with E-state index in [-0.39, 0.29) is 5.91 Å². The highest BCUT2D eigenvalue weighted by Crippen LogP contribution is 2.16. The van der Waals surface area contributed by atoms with Crippen LogP contribution >= 0.6 is 0 Å². The van der Waals surface area contributed by atoms with Crippen molar-refractivity contribution in [2.24, 2.45) is 0 Å². The minimum absolute atomic E-state index is 0.0210. The van der Waals surface area contributed by atoms with Gasteiger partial charge in [0.2, 0.25) is 0 Å². The number of pyridine rings is 1. The fourth-order valence-electron chi connectivity index (χ4n) is 2.54. The molecule has 0 radical (unpaired) electrons. The van der Waals surface area contributed by atoms with Crippen LogP contribution in [-0.2, 0) is 0 Å². The monoisotopic (exact) mass is 255 g/mol. The highest BCUT2D eigenvalue weighted by molar-refractivity contribution is 6.06. The van der Waals surface area contributed by atoms with E-state index in [1.807, 2.05) is 30.3 Å². The lowest BCUT2D eigenvalue weighted by atomic mass is 10.1. The standard InChI is InChI=1S/C15H17N3O/c19-15(18-10-11-4-2-8-16-11)13-5-1-7-14-12(13)6-3-9-17-14/h1,3,5-7,9,11,16H,2,4,8,10H2,(H,18,19). The van der Waals surface area contributed by atoms with Gasteiger partial charge in [0.05, 0.1) is 5.52 Å². The first kappa shape index (κ1) is 12.1. The molecule has 1 aliphatic heterocycles. The van der Waals surface area contributed by atoms with Crippen LogP contribution in [0.4, 0.5) is 0 Å². The summed E-state index contributed by atoms with van der Waals surface area (Å²) < 4.78 is 0. The minimum Gasteiger partial charge on any atom is -0.350 e. The van der Waals surface area contributed by atoms with E-state index < -0.39 is 0 Å². The van der Waals surface area contributed by atoms with Crippen molar-refractivity contribution >= 4 is 16.8 Å². The number of hydrogen-bond donors (Lipinski definition) is 2. The van der Waals surface area contributed by atoms with Crippen molar-refractivity contribution in [1.82, 2.24) is 15.6 Å². The number of benzene rings is 1. The van der Waals surface area contributed by atoms with E-state index in [0.29, 0.717) is 18.2 Å². The van der Waals surface area contributed by atoms with Crippen molar-refractivity contribution in [3.8, 4) is 0 Å². The summed E-state index contributed by atoms with van der Waals surface area (Å²) in [6.07, 6.45) is 4.07. The van der Waals surface area contributed by atoms with Gasteiger partial charge >= 0.3 is 0 Å². The van der Waals surface area contributed by atoms with Crippen LogP contribution < -0.4 is 10.6 Å². The summed E-state index contributed by atoms with van der Waals surface area (Å²) in [6.45, 7) is 1.74. The van der Waals surface area contributed by atoms with E-state index in [1.165, 1.54) is 6.42 Å². The second-order valence-corrected chi connectivity index (χ2v) is 4.88. The summed E-state index contributed by atoms with van der Waals surface area (Å²) in [4.78, 5) is 16.5. The Morgan fingerprint density at radius 3 is 3.16 bits per heavy atom. The maximum atomic E-state index is 12.2. The first-order valence-corrected chi connectivity index (χ1v) is 6.70. The lowest BCUT2D eigenvalue weighted by Gasteiger charge is -2.12. The van der Waals surface area contributed by atoms with Gasteiger partial charge in [-0.05, 0) is 37.6 Å². The predicted octanol–water partition coefficient (Wildman–Crippen LogP) is 1.72. The Morgan fingerprint density at radius 1 is 1.37 bits per heavy atom. The van der Waals surface area contributed by atoms with Gasteiger partial charge in [-0.1, -0.05) is 12.1 Å². The molecule has 1 fully saturated rings. The van der Waals surface area contributed by atoms with Gasteiger partial charge in [-0.15, -0.1) is 0 Å². The van der Waals surface area contributed by atoms with Gasteiger partial charge in [-0.2, -0.15) is 0 Å².